The monoisotopic (exact) mass is 293 g/mol. The molecular weight excluding hydrogens is 277 g/mol. The van der Waals surface area contributed by atoms with E-state index in [-0.39, 0.29) is 12.4 Å². The number of hydrogen-bond acceptors (Lipinski definition) is 1. The lowest BCUT2D eigenvalue weighted by atomic mass is 10.0. The molecule has 0 unspecified atom stereocenters. The zero-order valence-corrected chi connectivity index (χ0v) is 12.1. The fourth-order valence-electron chi connectivity index (χ4n) is 2.51. The molecule has 0 saturated heterocycles. The Morgan fingerprint density at radius 1 is 1.05 bits per heavy atom. The normalized spacial score (nSPS) is 20.7. The zero-order valence-electron chi connectivity index (χ0n) is 10.6. The average molecular weight is 294 g/mol. The van der Waals surface area contributed by atoms with E-state index in [1.165, 1.54) is 23.1 Å². The van der Waals surface area contributed by atoms with Gasteiger partial charge in [0.05, 0.1) is 0 Å². The molecule has 1 aliphatic carbocycles. The maximum atomic E-state index is 5.91. The number of benzene rings is 2. The van der Waals surface area contributed by atoms with Crippen LogP contribution in [0.2, 0.25) is 5.02 Å². The Hall–Kier alpha value is -1.02. The highest BCUT2D eigenvalue weighted by atomic mass is 35.5. The van der Waals surface area contributed by atoms with Crippen LogP contribution in [0.15, 0.2) is 48.5 Å². The molecule has 1 aliphatic rings. The Balaban J connectivity index is 0.00000133. The molecule has 0 aromatic heterocycles. The molecule has 19 heavy (non-hydrogen) atoms. The summed E-state index contributed by atoms with van der Waals surface area (Å²) in [5, 5.41) is 0.778. The van der Waals surface area contributed by atoms with Crippen molar-refractivity contribution in [3.05, 3.63) is 59.1 Å². The highest BCUT2D eigenvalue weighted by molar-refractivity contribution is 6.30. The Morgan fingerprint density at radius 2 is 1.79 bits per heavy atom. The Morgan fingerprint density at radius 3 is 2.42 bits per heavy atom. The number of halogens is 2. The standard InChI is InChI=1S/C16H16ClN.ClH/c17-15-6-4-11(5-7-15)12-2-1-3-13(8-12)16-9-14(16)10-18;/h1-8,14,16H,9-10,18H2;1H/t14-,16-;/m1./s1. The summed E-state index contributed by atoms with van der Waals surface area (Å²) in [6.07, 6.45) is 1.24. The average Bonchev–Trinajstić information content (AvgIpc) is 3.19. The lowest BCUT2D eigenvalue weighted by Crippen LogP contribution is -2.01. The third kappa shape index (κ3) is 3.11. The Bertz CT molecular complexity index is 551. The van der Waals surface area contributed by atoms with E-state index in [9.17, 15) is 0 Å². The molecule has 1 nitrogen and oxygen atoms in total. The van der Waals surface area contributed by atoms with Gasteiger partial charge in [-0.2, -0.15) is 0 Å². The van der Waals surface area contributed by atoms with Crippen LogP contribution in [0.1, 0.15) is 17.9 Å². The zero-order chi connectivity index (χ0) is 12.5. The quantitative estimate of drug-likeness (QED) is 0.886. The van der Waals surface area contributed by atoms with Gasteiger partial charge in [0.1, 0.15) is 0 Å². The van der Waals surface area contributed by atoms with Crippen LogP contribution in [0.25, 0.3) is 11.1 Å². The van der Waals surface area contributed by atoms with Crippen molar-refractivity contribution in [2.75, 3.05) is 6.54 Å². The van der Waals surface area contributed by atoms with E-state index in [0.717, 1.165) is 11.6 Å². The molecule has 3 rings (SSSR count). The van der Waals surface area contributed by atoms with E-state index < -0.39 is 0 Å². The Labute approximate surface area is 125 Å². The van der Waals surface area contributed by atoms with Gasteiger partial charge in [0.15, 0.2) is 0 Å². The summed E-state index contributed by atoms with van der Waals surface area (Å²) in [4.78, 5) is 0. The molecular formula is C16H17Cl2N. The van der Waals surface area contributed by atoms with Gasteiger partial charge < -0.3 is 5.73 Å². The van der Waals surface area contributed by atoms with Gasteiger partial charge in [-0.25, -0.2) is 0 Å². The topological polar surface area (TPSA) is 26.0 Å². The van der Waals surface area contributed by atoms with Crippen LogP contribution in [0.5, 0.6) is 0 Å². The van der Waals surface area contributed by atoms with Gasteiger partial charge in [-0.1, -0.05) is 48.0 Å². The summed E-state index contributed by atoms with van der Waals surface area (Å²) in [6, 6.07) is 16.8. The minimum Gasteiger partial charge on any atom is -0.330 e. The van der Waals surface area contributed by atoms with E-state index in [0.29, 0.717) is 11.8 Å². The third-order valence-electron chi connectivity index (χ3n) is 3.72. The molecule has 1 saturated carbocycles. The second-order valence-corrected chi connectivity index (χ2v) is 5.41. The summed E-state index contributed by atoms with van der Waals surface area (Å²) >= 11 is 5.91. The number of nitrogens with two attached hydrogens (primary N) is 1. The summed E-state index contributed by atoms with van der Waals surface area (Å²) in [5.74, 6) is 1.35. The molecule has 0 amide bonds. The van der Waals surface area contributed by atoms with E-state index >= 15 is 0 Å². The molecule has 3 heteroatoms. The van der Waals surface area contributed by atoms with Crippen LogP contribution in [0, 0.1) is 5.92 Å². The van der Waals surface area contributed by atoms with Crippen molar-refractivity contribution in [2.24, 2.45) is 11.7 Å². The van der Waals surface area contributed by atoms with Gasteiger partial charge >= 0.3 is 0 Å². The molecule has 0 spiro atoms. The first-order valence-corrected chi connectivity index (χ1v) is 6.71. The van der Waals surface area contributed by atoms with Crippen molar-refractivity contribution in [2.45, 2.75) is 12.3 Å². The predicted molar refractivity (Wildman–Crippen MR) is 84.0 cm³/mol. The highest BCUT2D eigenvalue weighted by Gasteiger charge is 2.36. The molecule has 0 bridgehead atoms. The van der Waals surface area contributed by atoms with Gasteiger partial charge in [-0.3, -0.25) is 0 Å². The third-order valence-corrected chi connectivity index (χ3v) is 3.97. The van der Waals surface area contributed by atoms with Crippen molar-refractivity contribution in [3.8, 4) is 11.1 Å². The predicted octanol–water partition coefficient (Wildman–Crippen LogP) is 4.49. The molecule has 2 atom stereocenters. The molecule has 2 aromatic carbocycles. The van der Waals surface area contributed by atoms with E-state index in [4.69, 9.17) is 17.3 Å². The van der Waals surface area contributed by atoms with Crippen molar-refractivity contribution >= 4 is 24.0 Å². The second-order valence-electron chi connectivity index (χ2n) is 4.97. The van der Waals surface area contributed by atoms with Crippen LogP contribution >= 0.6 is 24.0 Å². The first kappa shape index (κ1) is 14.4. The van der Waals surface area contributed by atoms with Crippen LogP contribution in [-0.2, 0) is 0 Å². The molecule has 2 aromatic rings. The second kappa shape index (κ2) is 5.96. The smallest absolute Gasteiger partial charge is 0.0406 e. The minimum atomic E-state index is 0. The van der Waals surface area contributed by atoms with Crippen molar-refractivity contribution < 1.29 is 0 Å². The van der Waals surface area contributed by atoms with Gasteiger partial charge in [0, 0.05) is 5.02 Å². The molecule has 0 radical (unpaired) electrons. The van der Waals surface area contributed by atoms with Crippen LogP contribution < -0.4 is 5.73 Å². The highest BCUT2D eigenvalue weighted by Crippen LogP contribution is 2.47. The van der Waals surface area contributed by atoms with Gasteiger partial charge in [-0.15, -0.1) is 12.4 Å². The maximum absolute atomic E-state index is 5.91. The summed E-state index contributed by atoms with van der Waals surface area (Å²) < 4.78 is 0. The van der Waals surface area contributed by atoms with Gasteiger partial charge in [0.25, 0.3) is 0 Å². The van der Waals surface area contributed by atoms with Crippen molar-refractivity contribution in [3.63, 3.8) is 0 Å². The lowest BCUT2D eigenvalue weighted by Gasteiger charge is -2.05. The van der Waals surface area contributed by atoms with E-state index in [1.54, 1.807) is 0 Å². The Kier molecular flexibility index (Phi) is 4.51. The fourth-order valence-corrected chi connectivity index (χ4v) is 2.63. The maximum Gasteiger partial charge on any atom is 0.0406 e. The van der Waals surface area contributed by atoms with E-state index in [1.807, 2.05) is 12.1 Å². The molecule has 0 heterocycles. The molecule has 0 aliphatic heterocycles. The largest absolute Gasteiger partial charge is 0.330 e. The molecule has 1 fully saturated rings. The van der Waals surface area contributed by atoms with E-state index in [2.05, 4.69) is 36.4 Å². The first-order valence-electron chi connectivity index (χ1n) is 6.34. The lowest BCUT2D eigenvalue weighted by molar-refractivity contribution is 0.810. The number of rotatable bonds is 3. The SMILES string of the molecule is Cl.NC[C@H]1C[C@@H]1c1cccc(-c2ccc(Cl)cc2)c1. The molecule has 2 N–H and O–H groups in total. The van der Waals surface area contributed by atoms with Crippen molar-refractivity contribution in [1.82, 2.24) is 0 Å². The molecule has 100 valence electrons. The van der Waals surface area contributed by atoms with Crippen molar-refractivity contribution in [1.29, 1.82) is 0 Å². The van der Waals surface area contributed by atoms with Crippen LogP contribution in [0.4, 0.5) is 0 Å². The van der Waals surface area contributed by atoms with Crippen LogP contribution in [-0.4, -0.2) is 6.54 Å². The van der Waals surface area contributed by atoms with Gasteiger partial charge in [-0.05, 0) is 53.6 Å². The number of hydrogen-bond donors (Lipinski definition) is 1. The van der Waals surface area contributed by atoms with Gasteiger partial charge in [0.2, 0.25) is 0 Å². The summed E-state index contributed by atoms with van der Waals surface area (Å²) in [5.41, 5.74) is 9.60. The van der Waals surface area contributed by atoms with Crippen LogP contribution in [0.3, 0.4) is 0 Å². The summed E-state index contributed by atoms with van der Waals surface area (Å²) in [6.45, 7) is 0.801. The minimum absolute atomic E-state index is 0. The fraction of sp³-hybridized carbons (Fsp3) is 0.250. The summed E-state index contributed by atoms with van der Waals surface area (Å²) in [7, 11) is 0. The first-order chi connectivity index (χ1) is 8.78.